The third-order valence-electron chi connectivity index (χ3n) is 2.16. The topological polar surface area (TPSA) is 70.9 Å². The van der Waals surface area contributed by atoms with Crippen molar-refractivity contribution in [2.24, 2.45) is 7.05 Å². The quantitative estimate of drug-likeness (QED) is 0.854. The molecule has 1 aromatic carbocycles. The fourth-order valence-electron chi connectivity index (χ4n) is 1.30. The second-order valence-corrected chi connectivity index (χ2v) is 4.47. The van der Waals surface area contributed by atoms with E-state index in [1.54, 1.807) is 13.1 Å². The highest BCUT2D eigenvalue weighted by molar-refractivity contribution is 7.99. The number of aliphatic hydroxyl groups is 1. The van der Waals surface area contributed by atoms with E-state index in [1.165, 1.54) is 16.7 Å². The van der Waals surface area contributed by atoms with Gasteiger partial charge in [-0.2, -0.15) is 0 Å². The largest absolute Gasteiger partial charge is 0.392 e. The molecule has 0 radical (unpaired) electrons. The number of hydrogen-bond donors (Lipinski definition) is 2. The Hall–Kier alpha value is -1.60. The zero-order valence-electron chi connectivity index (χ0n) is 8.98. The van der Waals surface area contributed by atoms with Crippen LogP contribution in [0.3, 0.4) is 0 Å². The first-order valence-electron chi connectivity index (χ1n) is 4.79. The fraction of sp³-hybridized carbons (Fsp3) is 0.200. The van der Waals surface area contributed by atoms with E-state index >= 15 is 0 Å². The van der Waals surface area contributed by atoms with Crippen LogP contribution in [0.25, 0.3) is 0 Å². The minimum atomic E-state index is -0.431. The first-order chi connectivity index (χ1) is 8.10. The van der Waals surface area contributed by atoms with Crippen LogP contribution in [0, 0.1) is 5.82 Å². The van der Waals surface area contributed by atoms with Crippen molar-refractivity contribution in [3.63, 3.8) is 0 Å². The summed E-state index contributed by atoms with van der Waals surface area (Å²) >= 11 is 1.15. The first-order valence-corrected chi connectivity index (χ1v) is 5.61. The van der Waals surface area contributed by atoms with E-state index in [9.17, 15) is 9.18 Å². The molecule has 1 aromatic heterocycles. The predicted octanol–water partition coefficient (Wildman–Crippen LogP) is 0.891. The van der Waals surface area contributed by atoms with E-state index in [1.807, 2.05) is 0 Å². The molecule has 0 saturated heterocycles. The van der Waals surface area contributed by atoms with Crippen molar-refractivity contribution in [3.05, 3.63) is 40.1 Å². The highest BCUT2D eigenvalue weighted by atomic mass is 32.2. The number of hydrogen-bond acceptors (Lipinski definition) is 4. The van der Waals surface area contributed by atoms with Crippen LogP contribution in [0.2, 0.25) is 0 Å². The smallest absolute Gasteiger partial charge is 0.343 e. The lowest BCUT2D eigenvalue weighted by Gasteiger charge is -2.03. The van der Waals surface area contributed by atoms with E-state index in [0.717, 1.165) is 11.8 Å². The highest BCUT2D eigenvalue weighted by Crippen LogP contribution is 2.26. The minimum absolute atomic E-state index is 0.231. The molecule has 0 atom stereocenters. The Morgan fingerprint density at radius 2 is 2.29 bits per heavy atom. The van der Waals surface area contributed by atoms with Gasteiger partial charge < -0.3 is 5.11 Å². The molecular formula is C10H10FN3O2S. The number of halogens is 1. The summed E-state index contributed by atoms with van der Waals surface area (Å²) in [6, 6.07) is 4.23. The molecule has 0 spiro atoms. The summed E-state index contributed by atoms with van der Waals surface area (Å²) in [4.78, 5) is 11.7. The van der Waals surface area contributed by atoms with Crippen LogP contribution in [-0.2, 0) is 13.7 Å². The maximum atomic E-state index is 13.2. The van der Waals surface area contributed by atoms with Gasteiger partial charge in [0, 0.05) is 11.9 Å². The summed E-state index contributed by atoms with van der Waals surface area (Å²) in [5.74, 6) is -0.431. The Kier molecular flexibility index (Phi) is 3.30. The van der Waals surface area contributed by atoms with Gasteiger partial charge in [-0.25, -0.2) is 14.3 Å². The maximum Gasteiger partial charge on any atom is 0.343 e. The van der Waals surface area contributed by atoms with Gasteiger partial charge in [0.25, 0.3) is 0 Å². The van der Waals surface area contributed by atoms with Crippen molar-refractivity contribution in [1.29, 1.82) is 0 Å². The zero-order valence-corrected chi connectivity index (χ0v) is 9.79. The summed E-state index contributed by atoms with van der Waals surface area (Å²) < 4.78 is 14.5. The monoisotopic (exact) mass is 255 g/mol. The van der Waals surface area contributed by atoms with Gasteiger partial charge in [0.2, 0.25) is 0 Å². The number of nitrogens with one attached hydrogen (secondary N) is 1. The lowest BCUT2D eigenvalue weighted by molar-refractivity contribution is 0.281. The molecule has 17 heavy (non-hydrogen) atoms. The number of nitrogens with zero attached hydrogens (tertiary/aromatic N) is 2. The molecule has 0 aliphatic heterocycles. The van der Waals surface area contributed by atoms with Gasteiger partial charge in [0.1, 0.15) is 5.82 Å². The lowest BCUT2D eigenvalue weighted by atomic mass is 10.2. The van der Waals surface area contributed by atoms with Gasteiger partial charge in [-0.05, 0) is 35.5 Å². The number of aliphatic hydroxyl groups excluding tert-OH is 1. The molecule has 5 nitrogen and oxygen atoms in total. The van der Waals surface area contributed by atoms with Crippen molar-refractivity contribution >= 4 is 11.8 Å². The van der Waals surface area contributed by atoms with E-state index in [2.05, 4.69) is 10.2 Å². The molecule has 2 aromatic rings. The van der Waals surface area contributed by atoms with Crippen LogP contribution in [0.4, 0.5) is 4.39 Å². The van der Waals surface area contributed by atoms with Crippen molar-refractivity contribution in [3.8, 4) is 0 Å². The Labute approximate surface area is 100 Å². The standard InChI is InChI=1S/C10H10FN3O2S/c1-14-9(16)12-13-10(14)17-8-3-6(5-15)2-7(11)4-8/h2-4,15H,5H2,1H3,(H,12,16). The average molecular weight is 255 g/mol. The molecule has 90 valence electrons. The Morgan fingerprint density at radius 1 is 1.53 bits per heavy atom. The van der Waals surface area contributed by atoms with Crippen LogP contribution in [0.15, 0.2) is 33.0 Å². The van der Waals surface area contributed by atoms with Crippen LogP contribution < -0.4 is 5.69 Å². The number of aromatic nitrogens is 3. The van der Waals surface area contributed by atoms with Crippen LogP contribution in [-0.4, -0.2) is 19.9 Å². The number of aromatic amines is 1. The van der Waals surface area contributed by atoms with Crippen molar-refractivity contribution in [1.82, 2.24) is 14.8 Å². The molecule has 0 aliphatic rings. The Morgan fingerprint density at radius 3 is 2.88 bits per heavy atom. The Balaban J connectivity index is 2.33. The molecule has 0 unspecified atom stereocenters. The second-order valence-electron chi connectivity index (χ2n) is 3.43. The van der Waals surface area contributed by atoms with Gasteiger partial charge in [0.05, 0.1) is 6.61 Å². The fourth-order valence-corrected chi connectivity index (χ4v) is 2.20. The zero-order chi connectivity index (χ0) is 12.4. The number of benzene rings is 1. The Bertz CT molecular complexity index is 593. The van der Waals surface area contributed by atoms with Crippen LogP contribution in [0.5, 0.6) is 0 Å². The van der Waals surface area contributed by atoms with Crippen LogP contribution in [0.1, 0.15) is 5.56 Å². The highest BCUT2D eigenvalue weighted by Gasteiger charge is 2.08. The molecule has 0 amide bonds. The van der Waals surface area contributed by atoms with E-state index in [0.29, 0.717) is 15.6 Å². The van der Waals surface area contributed by atoms with Crippen molar-refractivity contribution in [2.45, 2.75) is 16.7 Å². The first kappa shape index (κ1) is 11.9. The summed E-state index contributed by atoms with van der Waals surface area (Å²) in [6.45, 7) is -0.231. The third-order valence-corrected chi connectivity index (χ3v) is 3.18. The summed E-state index contributed by atoms with van der Waals surface area (Å²) in [5, 5.41) is 15.5. The molecule has 0 aliphatic carbocycles. The molecule has 2 N–H and O–H groups in total. The van der Waals surface area contributed by atoms with E-state index < -0.39 is 5.82 Å². The molecular weight excluding hydrogens is 245 g/mol. The van der Waals surface area contributed by atoms with Crippen LogP contribution >= 0.6 is 11.8 Å². The minimum Gasteiger partial charge on any atom is -0.392 e. The van der Waals surface area contributed by atoms with Crippen molar-refractivity contribution in [2.75, 3.05) is 0 Å². The van der Waals surface area contributed by atoms with Gasteiger partial charge in [-0.1, -0.05) is 0 Å². The normalized spacial score (nSPS) is 10.8. The predicted molar refractivity (Wildman–Crippen MR) is 60.3 cm³/mol. The molecule has 2 rings (SSSR count). The average Bonchev–Trinajstić information content (AvgIpc) is 2.60. The molecule has 0 fully saturated rings. The molecule has 1 heterocycles. The summed E-state index contributed by atoms with van der Waals surface area (Å²) in [7, 11) is 1.57. The van der Waals surface area contributed by atoms with Crippen molar-refractivity contribution < 1.29 is 9.50 Å². The lowest BCUT2D eigenvalue weighted by Crippen LogP contribution is -2.12. The molecule has 0 bridgehead atoms. The van der Waals surface area contributed by atoms with Gasteiger partial charge >= 0.3 is 5.69 Å². The molecule has 0 saturated carbocycles. The molecule has 7 heteroatoms. The van der Waals surface area contributed by atoms with Gasteiger partial charge in [-0.15, -0.1) is 5.10 Å². The van der Waals surface area contributed by atoms with E-state index in [4.69, 9.17) is 5.11 Å². The van der Waals surface area contributed by atoms with Gasteiger partial charge in [0.15, 0.2) is 5.16 Å². The van der Waals surface area contributed by atoms with E-state index in [-0.39, 0.29) is 12.3 Å². The number of rotatable bonds is 3. The third kappa shape index (κ3) is 2.56. The SMILES string of the molecule is Cn1c(Sc2cc(F)cc(CO)c2)n[nH]c1=O. The van der Waals surface area contributed by atoms with Gasteiger partial charge in [-0.3, -0.25) is 4.57 Å². The maximum absolute atomic E-state index is 13.2. The number of H-pyrrole nitrogens is 1. The summed E-state index contributed by atoms with van der Waals surface area (Å²) in [5.41, 5.74) is 0.152. The second kappa shape index (κ2) is 4.72. The summed E-state index contributed by atoms with van der Waals surface area (Å²) in [6.07, 6.45) is 0.